The van der Waals surface area contributed by atoms with Crippen LogP contribution in [0.15, 0.2) is 16.7 Å². The number of rotatable bonds is 2. The number of carbonyl (C=O) groups is 1. The molecule has 6 heteroatoms. The van der Waals surface area contributed by atoms with Gasteiger partial charge in [0, 0.05) is 6.04 Å². The van der Waals surface area contributed by atoms with Crippen LogP contribution in [0.4, 0.5) is 16.3 Å². The minimum absolute atomic E-state index is 0.220. The van der Waals surface area contributed by atoms with Gasteiger partial charge in [0.15, 0.2) is 0 Å². The first-order valence-corrected chi connectivity index (χ1v) is 5.93. The Morgan fingerprint density at radius 1 is 1.56 bits per heavy atom. The van der Waals surface area contributed by atoms with Crippen molar-refractivity contribution in [3.63, 3.8) is 0 Å². The highest BCUT2D eigenvalue weighted by Gasteiger charge is 2.19. The van der Waals surface area contributed by atoms with E-state index in [-0.39, 0.29) is 6.03 Å². The highest BCUT2D eigenvalue weighted by atomic mass is 79.9. The number of pyridine rings is 1. The third kappa shape index (κ3) is 2.63. The Morgan fingerprint density at radius 3 is 2.88 bits per heavy atom. The van der Waals surface area contributed by atoms with Crippen molar-refractivity contribution in [1.29, 1.82) is 0 Å². The number of nitrogen functional groups attached to an aromatic ring is 1. The summed E-state index contributed by atoms with van der Waals surface area (Å²) in [6.07, 6.45) is 4.81. The van der Waals surface area contributed by atoms with E-state index in [1.807, 2.05) is 0 Å². The summed E-state index contributed by atoms with van der Waals surface area (Å²) in [5.41, 5.74) is 6.10. The topological polar surface area (TPSA) is 80.0 Å². The predicted octanol–water partition coefficient (Wildman–Crippen LogP) is 2.10. The lowest BCUT2D eigenvalue weighted by Crippen LogP contribution is -2.42. The molecule has 4 N–H and O–H groups in total. The second kappa shape index (κ2) is 4.69. The molecule has 1 aliphatic carbocycles. The number of hydrogen-bond acceptors (Lipinski definition) is 3. The van der Waals surface area contributed by atoms with Crippen LogP contribution in [0, 0.1) is 0 Å². The van der Waals surface area contributed by atoms with Gasteiger partial charge in [-0.15, -0.1) is 0 Å². The van der Waals surface area contributed by atoms with Crippen molar-refractivity contribution < 1.29 is 4.79 Å². The minimum atomic E-state index is -0.220. The monoisotopic (exact) mass is 284 g/mol. The van der Waals surface area contributed by atoms with Gasteiger partial charge in [-0.3, -0.25) is 5.32 Å². The molecule has 0 atom stereocenters. The third-order valence-electron chi connectivity index (χ3n) is 2.53. The van der Waals surface area contributed by atoms with Crippen LogP contribution in [0.1, 0.15) is 19.3 Å². The second-order valence-corrected chi connectivity index (χ2v) is 4.68. The summed E-state index contributed by atoms with van der Waals surface area (Å²) in [6, 6.07) is 1.79. The summed E-state index contributed by atoms with van der Waals surface area (Å²) >= 11 is 3.29. The van der Waals surface area contributed by atoms with Crippen LogP contribution in [0.2, 0.25) is 0 Å². The molecule has 0 unspecified atom stereocenters. The number of urea groups is 1. The van der Waals surface area contributed by atoms with E-state index in [0.717, 1.165) is 12.8 Å². The Hall–Kier alpha value is -1.30. The van der Waals surface area contributed by atoms with E-state index in [2.05, 4.69) is 31.5 Å². The van der Waals surface area contributed by atoms with Crippen LogP contribution in [0.5, 0.6) is 0 Å². The molecule has 1 fully saturated rings. The zero-order valence-electron chi connectivity index (χ0n) is 8.66. The van der Waals surface area contributed by atoms with Crippen LogP contribution >= 0.6 is 15.9 Å². The number of hydrogen-bond donors (Lipinski definition) is 3. The van der Waals surface area contributed by atoms with Crippen LogP contribution in [-0.4, -0.2) is 17.1 Å². The molecular formula is C10H13BrN4O. The van der Waals surface area contributed by atoms with Gasteiger partial charge in [0.1, 0.15) is 5.82 Å². The molecule has 5 nitrogen and oxygen atoms in total. The smallest absolute Gasteiger partial charge is 0.320 e. The molecule has 0 bridgehead atoms. The predicted molar refractivity (Wildman–Crippen MR) is 66.1 cm³/mol. The molecule has 1 aliphatic rings. The maximum Gasteiger partial charge on any atom is 0.320 e. The van der Waals surface area contributed by atoms with E-state index in [0.29, 0.717) is 22.0 Å². The molecule has 2 rings (SSSR count). The van der Waals surface area contributed by atoms with E-state index < -0.39 is 0 Å². The fourth-order valence-corrected chi connectivity index (χ4v) is 1.89. The highest BCUT2D eigenvalue weighted by Crippen LogP contribution is 2.22. The van der Waals surface area contributed by atoms with E-state index in [1.165, 1.54) is 12.6 Å². The average Bonchev–Trinajstić information content (AvgIpc) is 2.16. The molecule has 1 heterocycles. The maximum absolute atomic E-state index is 11.5. The fraction of sp³-hybridized carbons (Fsp3) is 0.400. The number of nitrogens with two attached hydrogens (primary N) is 1. The zero-order chi connectivity index (χ0) is 11.5. The van der Waals surface area contributed by atoms with Gasteiger partial charge >= 0.3 is 6.03 Å². The summed E-state index contributed by atoms with van der Waals surface area (Å²) in [5, 5.41) is 5.54. The summed E-state index contributed by atoms with van der Waals surface area (Å²) in [6.45, 7) is 0. The normalized spacial score (nSPS) is 15.3. The van der Waals surface area contributed by atoms with Crippen molar-refractivity contribution in [3.8, 4) is 0 Å². The lowest BCUT2D eigenvalue weighted by molar-refractivity contribution is 0.240. The van der Waals surface area contributed by atoms with Gasteiger partial charge in [0.05, 0.1) is 16.4 Å². The van der Waals surface area contributed by atoms with Gasteiger partial charge in [0.25, 0.3) is 0 Å². The summed E-state index contributed by atoms with van der Waals surface area (Å²) in [7, 11) is 0. The number of nitrogens with one attached hydrogen (secondary N) is 2. The van der Waals surface area contributed by atoms with Crippen LogP contribution < -0.4 is 16.4 Å². The molecule has 16 heavy (non-hydrogen) atoms. The van der Waals surface area contributed by atoms with Crippen molar-refractivity contribution in [2.45, 2.75) is 25.3 Å². The van der Waals surface area contributed by atoms with Crippen molar-refractivity contribution >= 4 is 33.5 Å². The van der Waals surface area contributed by atoms with Crippen molar-refractivity contribution in [2.24, 2.45) is 0 Å². The number of carbonyl (C=O) groups excluding carboxylic acids is 1. The number of nitrogens with zero attached hydrogens (tertiary/aromatic N) is 1. The first kappa shape index (κ1) is 11.2. The second-order valence-electron chi connectivity index (χ2n) is 3.83. The van der Waals surface area contributed by atoms with Gasteiger partial charge in [-0.2, -0.15) is 0 Å². The molecule has 1 saturated carbocycles. The van der Waals surface area contributed by atoms with Crippen LogP contribution in [0.25, 0.3) is 0 Å². The Morgan fingerprint density at radius 2 is 2.31 bits per heavy atom. The van der Waals surface area contributed by atoms with Crippen molar-refractivity contribution in [2.75, 3.05) is 11.1 Å². The molecule has 0 radical (unpaired) electrons. The molecule has 86 valence electrons. The van der Waals surface area contributed by atoms with Crippen molar-refractivity contribution in [3.05, 3.63) is 16.7 Å². The molecule has 2 amide bonds. The Balaban J connectivity index is 1.94. The SMILES string of the molecule is Nc1cnc(NC(=O)NC2CCC2)c(Br)c1. The van der Waals surface area contributed by atoms with Gasteiger partial charge in [-0.1, -0.05) is 0 Å². The Kier molecular flexibility index (Phi) is 3.28. The zero-order valence-corrected chi connectivity index (χ0v) is 10.3. The number of anilines is 2. The van der Waals surface area contributed by atoms with Crippen molar-refractivity contribution in [1.82, 2.24) is 10.3 Å². The number of amides is 2. The standard InChI is InChI=1S/C10H13BrN4O/c11-8-4-6(12)5-13-9(8)15-10(16)14-7-2-1-3-7/h4-5,7H,1-3,12H2,(H2,13,14,15,16). The summed E-state index contributed by atoms with van der Waals surface area (Å²) < 4.78 is 0.677. The number of aromatic nitrogens is 1. The van der Waals surface area contributed by atoms with E-state index >= 15 is 0 Å². The first-order chi connectivity index (χ1) is 7.65. The lowest BCUT2D eigenvalue weighted by Gasteiger charge is -2.26. The quantitative estimate of drug-likeness (QED) is 0.778. The Bertz CT molecular complexity index is 406. The first-order valence-electron chi connectivity index (χ1n) is 5.13. The molecule has 1 aromatic heterocycles. The van der Waals surface area contributed by atoms with Gasteiger partial charge in [0.2, 0.25) is 0 Å². The largest absolute Gasteiger partial charge is 0.397 e. The molecular weight excluding hydrogens is 272 g/mol. The van der Waals surface area contributed by atoms with Crippen LogP contribution in [0.3, 0.4) is 0 Å². The highest BCUT2D eigenvalue weighted by molar-refractivity contribution is 9.10. The van der Waals surface area contributed by atoms with Gasteiger partial charge in [-0.25, -0.2) is 9.78 Å². The molecule has 0 spiro atoms. The average molecular weight is 285 g/mol. The lowest BCUT2D eigenvalue weighted by atomic mass is 9.93. The van der Waals surface area contributed by atoms with E-state index in [4.69, 9.17) is 5.73 Å². The van der Waals surface area contributed by atoms with E-state index in [1.54, 1.807) is 6.07 Å². The van der Waals surface area contributed by atoms with Gasteiger partial charge < -0.3 is 11.1 Å². The molecule has 0 aliphatic heterocycles. The maximum atomic E-state index is 11.5. The summed E-state index contributed by atoms with van der Waals surface area (Å²) in [4.78, 5) is 15.6. The van der Waals surface area contributed by atoms with Crippen LogP contribution in [-0.2, 0) is 0 Å². The summed E-state index contributed by atoms with van der Waals surface area (Å²) in [5.74, 6) is 0.478. The third-order valence-corrected chi connectivity index (χ3v) is 3.14. The molecule has 0 saturated heterocycles. The molecule has 1 aromatic rings. The number of halogens is 1. The van der Waals surface area contributed by atoms with E-state index in [9.17, 15) is 4.79 Å². The Labute approximate surface area is 102 Å². The molecule has 0 aromatic carbocycles. The van der Waals surface area contributed by atoms with Gasteiger partial charge in [-0.05, 0) is 41.3 Å². The minimum Gasteiger partial charge on any atom is -0.397 e. The fourth-order valence-electron chi connectivity index (χ4n) is 1.43.